The van der Waals surface area contributed by atoms with E-state index < -0.39 is 35.6 Å². The number of hydrazone groups is 1. The van der Waals surface area contributed by atoms with Crippen molar-refractivity contribution >= 4 is 41.6 Å². The highest BCUT2D eigenvalue weighted by Gasteiger charge is 2.50. The Morgan fingerprint density at radius 1 is 0.929 bits per heavy atom. The van der Waals surface area contributed by atoms with E-state index in [-0.39, 0.29) is 23.1 Å². The first-order chi connectivity index (χ1) is 20.2. The molecule has 220 valence electrons. The maximum atomic E-state index is 13.1. The second kappa shape index (κ2) is 11.9. The fraction of sp³-hybridized carbons (Fsp3) is 0.379. The molecule has 3 fully saturated rings. The summed E-state index contributed by atoms with van der Waals surface area (Å²) in [6, 6.07) is 8.13. The van der Waals surface area contributed by atoms with Crippen LogP contribution in [0, 0.1) is 17.8 Å². The number of carbonyl (C=O) groups is 5. The summed E-state index contributed by atoms with van der Waals surface area (Å²) < 4.78 is 15.9. The normalized spacial score (nSPS) is 23.1. The van der Waals surface area contributed by atoms with Crippen LogP contribution in [-0.4, -0.2) is 68.1 Å². The van der Waals surface area contributed by atoms with E-state index in [9.17, 15) is 24.0 Å². The number of anilines is 1. The molecule has 0 spiro atoms. The Hall–Kier alpha value is -4.94. The van der Waals surface area contributed by atoms with Gasteiger partial charge in [0, 0.05) is 29.1 Å². The molecule has 1 saturated heterocycles. The number of hydrogen-bond donors (Lipinski definition) is 3. The van der Waals surface area contributed by atoms with E-state index in [0.717, 1.165) is 36.8 Å². The van der Waals surface area contributed by atoms with Gasteiger partial charge in [-0.3, -0.25) is 29.4 Å². The van der Waals surface area contributed by atoms with E-state index in [1.165, 1.54) is 57.7 Å². The summed E-state index contributed by atoms with van der Waals surface area (Å²) in [6.07, 6.45) is 4.83. The molecule has 42 heavy (non-hydrogen) atoms. The quantitative estimate of drug-likeness (QED) is 0.232. The molecular weight excluding hydrogens is 546 g/mol. The van der Waals surface area contributed by atoms with Gasteiger partial charge >= 0.3 is 6.03 Å². The molecule has 3 aliphatic rings. The van der Waals surface area contributed by atoms with Crippen LogP contribution in [0.2, 0.25) is 0 Å². The summed E-state index contributed by atoms with van der Waals surface area (Å²) >= 11 is 0. The molecule has 1 aliphatic heterocycles. The molecule has 2 bridgehead atoms. The second-order valence-electron chi connectivity index (χ2n) is 10.4. The van der Waals surface area contributed by atoms with Gasteiger partial charge in [-0.25, -0.2) is 10.2 Å². The molecule has 13 heteroatoms. The van der Waals surface area contributed by atoms with Crippen molar-refractivity contribution in [2.45, 2.75) is 31.7 Å². The molecule has 13 nitrogen and oxygen atoms in total. The summed E-state index contributed by atoms with van der Waals surface area (Å²) in [5.41, 5.74) is 3.21. The standard InChI is InChI=1S/C29H31N5O8/c1-40-22-12-18(13-23(41-2)24(22)42-3)25(35)31-19-8-6-16(7-9-19)26(36)33-30-14-20-27(37)32-29(39)34(28(20)38)21-11-15-4-5-17(21)10-15/h6-9,12-15,17,20-21H,4-5,10-11H2,1-3H3,(H,31,35)(H,33,36)(H,32,37,39)/b30-14-/t15-,17-,20+,21-/m0/s1. The average molecular weight is 578 g/mol. The third kappa shape index (κ3) is 5.49. The molecule has 6 amide bonds. The Balaban J connectivity index is 1.19. The number of nitrogens with zero attached hydrogens (tertiary/aromatic N) is 2. The number of urea groups is 1. The van der Waals surface area contributed by atoms with Gasteiger partial charge in [-0.2, -0.15) is 5.10 Å². The van der Waals surface area contributed by atoms with Gasteiger partial charge in [0.05, 0.1) is 21.3 Å². The van der Waals surface area contributed by atoms with Crippen LogP contribution in [0.5, 0.6) is 17.2 Å². The number of ether oxygens (including phenoxy) is 3. The van der Waals surface area contributed by atoms with Crippen LogP contribution >= 0.6 is 0 Å². The van der Waals surface area contributed by atoms with Crippen molar-refractivity contribution in [2.75, 3.05) is 26.6 Å². The van der Waals surface area contributed by atoms with Crippen LogP contribution in [0.1, 0.15) is 46.4 Å². The lowest BCUT2D eigenvalue weighted by Crippen LogP contribution is -2.62. The van der Waals surface area contributed by atoms with Crippen molar-refractivity contribution in [1.82, 2.24) is 15.6 Å². The molecule has 4 atom stereocenters. The van der Waals surface area contributed by atoms with Crippen molar-refractivity contribution in [1.29, 1.82) is 0 Å². The first-order valence-electron chi connectivity index (χ1n) is 13.5. The number of benzene rings is 2. The van der Waals surface area contributed by atoms with E-state index in [1.54, 1.807) is 0 Å². The van der Waals surface area contributed by atoms with Gasteiger partial charge in [-0.1, -0.05) is 6.42 Å². The van der Waals surface area contributed by atoms with E-state index in [0.29, 0.717) is 28.9 Å². The topological polar surface area (TPSA) is 165 Å². The largest absolute Gasteiger partial charge is 0.493 e. The second-order valence-corrected chi connectivity index (χ2v) is 10.4. The minimum Gasteiger partial charge on any atom is -0.493 e. The predicted molar refractivity (Wildman–Crippen MR) is 150 cm³/mol. The summed E-state index contributed by atoms with van der Waals surface area (Å²) in [5, 5.41) is 8.79. The minimum atomic E-state index is -1.32. The molecule has 1 heterocycles. The zero-order valence-corrected chi connectivity index (χ0v) is 23.3. The number of fused-ring (bicyclic) bond motifs is 2. The Morgan fingerprint density at radius 3 is 2.19 bits per heavy atom. The summed E-state index contributed by atoms with van der Waals surface area (Å²) in [6.45, 7) is 0. The van der Waals surface area contributed by atoms with Crippen molar-refractivity contribution in [3.63, 3.8) is 0 Å². The lowest BCUT2D eigenvalue weighted by atomic mass is 9.92. The molecular formula is C29H31N5O8. The third-order valence-corrected chi connectivity index (χ3v) is 7.99. The van der Waals surface area contributed by atoms with Crippen LogP contribution in [0.15, 0.2) is 41.5 Å². The first kappa shape index (κ1) is 28.6. The molecule has 2 aromatic rings. The first-order valence-corrected chi connectivity index (χ1v) is 13.5. The zero-order valence-electron chi connectivity index (χ0n) is 23.3. The Labute approximate surface area is 241 Å². The summed E-state index contributed by atoms with van der Waals surface area (Å²) in [4.78, 5) is 64.5. The summed E-state index contributed by atoms with van der Waals surface area (Å²) in [7, 11) is 4.36. The Morgan fingerprint density at radius 2 is 1.62 bits per heavy atom. The Kier molecular flexibility index (Phi) is 8.09. The van der Waals surface area contributed by atoms with Crippen molar-refractivity contribution < 1.29 is 38.2 Å². The molecule has 0 radical (unpaired) electrons. The van der Waals surface area contributed by atoms with E-state index in [2.05, 4.69) is 21.2 Å². The number of amides is 6. The number of hydrogen-bond acceptors (Lipinski definition) is 9. The number of carbonyl (C=O) groups excluding carboxylic acids is 5. The third-order valence-electron chi connectivity index (χ3n) is 7.99. The van der Waals surface area contributed by atoms with E-state index >= 15 is 0 Å². The van der Waals surface area contributed by atoms with Crippen LogP contribution in [0.3, 0.4) is 0 Å². The average Bonchev–Trinajstić information content (AvgIpc) is 3.62. The lowest BCUT2D eigenvalue weighted by molar-refractivity contribution is -0.141. The minimum absolute atomic E-state index is 0.219. The number of imide groups is 2. The van der Waals surface area contributed by atoms with E-state index in [1.807, 2.05) is 0 Å². The zero-order chi connectivity index (χ0) is 30.0. The lowest BCUT2D eigenvalue weighted by Gasteiger charge is -2.36. The van der Waals surface area contributed by atoms with Gasteiger partial charge < -0.3 is 19.5 Å². The maximum Gasteiger partial charge on any atom is 0.331 e. The highest BCUT2D eigenvalue weighted by Crippen LogP contribution is 2.47. The molecule has 2 aromatic carbocycles. The van der Waals surface area contributed by atoms with Gasteiger partial charge in [0.15, 0.2) is 17.4 Å². The molecule has 0 unspecified atom stereocenters. The van der Waals surface area contributed by atoms with Crippen molar-refractivity contribution in [3.05, 3.63) is 47.5 Å². The molecule has 2 saturated carbocycles. The van der Waals surface area contributed by atoms with Crippen molar-refractivity contribution in [3.8, 4) is 17.2 Å². The van der Waals surface area contributed by atoms with Gasteiger partial charge in [-0.15, -0.1) is 0 Å². The monoisotopic (exact) mass is 577 g/mol. The van der Waals surface area contributed by atoms with Gasteiger partial charge in [0.25, 0.3) is 11.8 Å². The summed E-state index contributed by atoms with van der Waals surface area (Å²) in [5.74, 6) is -2.02. The highest BCUT2D eigenvalue weighted by molar-refractivity contribution is 6.23. The van der Waals surface area contributed by atoms with Crippen LogP contribution in [0.25, 0.3) is 0 Å². The molecule has 3 N–H and O–H groups in total. The van der Waals surface area contributed by atoms with Crippen LogP contribution in [-0.2, 0) is 9.59 Å². The number of methoxy groups -OCH3 is 3. The van der Waals surface area contributed by atoms with Crippen LogP contribution < -0.4 is 30.3 Å². The van der Waals surface area contributed by atoms with Gasteiger partial charge in [0.2, 0.25) is 17.6 Å². The number of barbiturate groups is 1. The SMILES string of the molecule is COc1cc(C(=O)Nc2ccc(C(=O)N/N=C\[C@@H]3C(=O)NC(=O)N([C@H]4C[C@H]5CC[C@H]4C5)C3=O)cc2)cc(OC)c1OC. The fourth-order valence-electron chi connectivity index (χ4n) is 5.93. The number of rotatable bonds is 9. The van der Waals surface area contributed by atoms with E-state index in [4.69, 9.17) is 14.2 Å². The fourth-order valence-corrected chi connectivity index (χ4v) is 5.93. The van der Waals surface area contributed by atoms with Gasteiger partial charge in [0.1, 0.15) is 0 Å². The van der Waals surface area contributed by atoms with Gasteiger partial charge in [-0.05, 0) is 67.5 Å². The number of nitrogens with one attached hydrogen (secondary N) is 3. The van der Waals surface area contributed by atoms with Crippen molar-refractivity contribution in [2.24, 2.45) is 22.9 Å². The smallest absolute Gasteiger partial charge is 0.331 e. The molecule has 2 aliphatic carbocycles. The predicted octanol–water partition coefficient (Wildman–Crippen LogP) is 2.56. The Bertz CT molecular complexity index is 1430. The maximum absolute atomic E-state index is 13.1. The van der Waals surface area contributed by atoms with Crippen LogP contribution in [0.4, 0.5) is 10.5 Å². The molecule has 0 aromatic heterocycles. The molecule has 5 rings (SSSR count). The highest BCUT2D eigenvalue weighted by atomic mass is 16.5.